The Bertz CT molecular complexity index is 1140. The number of hydrogen-bond donors (Lipinski definition) is 2. The Balaban J connectivity index is 1.69. The lowest BCUT2D eigenvalue weighted by Gasteiger charge is -2.32. The smallest absolute Gasteiger partial charge is 0.408 e. The molecular formula is C30H49N5O4Si. The lowest BCUT2D eigenvalue weighted by molar-refractivity contribution is -0.127. The molecule has 2 aromatic rings. The average Bonchev–Trinajstić information content (AvgIpc) is 3.12. The van der Waals surface area contributed by atoms with Gasteiger partial charge in [-0.05, 0) is 71.6 Å². The summed E-state index contributed by atoms with van der Waals surface area (Å²) in [7, 11) is -1.14. The Morgan fingerprint density at radius 1 is 1.12 bits per heavy atom. The number of carbonyl (C=O) groups is 2. The second kappa shape index (κ2) is 13.3. The minimum atomic E-state index is -1.14. The largest absolute Gasteiger partial charge is 0.436 e. The van der Waals surface area contributed by atoms with Crippen molar-refractivity contribution in [2.24, 2.45) is 11.8 Å². The molecular weight excluding hydrogens is 522 g/mol. The Morgan fingerprint density at radius 2 is 1.80 bits per heavy atom. The van der Waals surface area contributed by atoms with Gasteiger partial charge in [-0.25, -0.2) is 9.48 Å². The number of rotatable bonds is 10. The van der Waals surface area contributed by atoms with Gasteiger partial charge >= 0.3 is 6.09 Å². The van der Waals surface area contributed by atoms with Crippen LogP contribution in [0.15, 0.2) is 18.3 Å². The van der Waals surface area contributed by atoms with E-state index in [-0.39, 0.29) is 11.8 Å². The van der Waals surface area contributed by atoms with Crippen molar-refractivity contribution in [1.29, 1.82) is 0 Å². The molecule has 1 saturated carbocycles. The molecule has 1 unspecified atom stereocenters. The molecule has 0 aromatic carbocycles. The van der Waals surface area contributed by atoms with Crippen molar-refractivity contribution in [3.05, 3.63) is 29.7 Å². The molecule has 0 spiro atoms. The first kappa shape index (κ1) is 31.8. The summed E-state index contributed by atoms with van der Waals surface area (Å²) in [6, 6.07) is 4.82. The zero-order chi connectivity index (χ0) is 29.7. The highest BCUT2D eigenvalue weighted by atomic mass is 28.3. The molecule has 2 amide bonds. The van der Waals surface area contributed by atoms with Gasteiger partial charge in [0.1, 0.15) is 6.73 Å². The summed E-state index contributed by atoms with van der Waals surface area (Å²) >= 11 is 0. The summed E-state index contributed by atoms with van der Waals surface area (Å²) in [5.41, 5.74) is 3.70. The number of hydrogen-bond acceptors (Lipinski definition) is 6. The Labute approximate surface area is 240 Å². The highest BCUT2D eigenvalue weighted by Gasteiger charge is 2.35. The van der Waals surface area contributed by atoms with Crippen LogP contribution in [0.4, 0.5) is 10.5 Å². The fraction of sp³-hybridized carbons (Fsp3) is 0.667. The standard InChI is InChI=1S/C30H49N5O4Si/c1-20-10-12-23(13-11-20)27(39-29(37)33-30(4,5)6)28(36)32-24-14-15-25(31-18-24)26-21(2)34-35(22(26)3)19-38-16-17-40(7,8)9/h14-15,18,20,23,27H,10-13,16-17,19H2,1-9H3,(H,32,36)(H,33,37). The minimum Gasteiger partial charge on any atom is -0.436 e. The third kappa shape index (κ3) is 9.44. The summed E-state index contributed by atoms with van der Waals surface area (Å²) in [4.78, 5) is 30.6. The van der Waals surface area contributed by atoms with Crippen LogP contribution in [-0.4, -0.2) is 53.1 Å². The molecule has 1 fully saturated rings. The van der Waals surface area contributed by atoms with E-state index in [1.807, 2.05) is 51.4 Å². The van der Waals surface area contributed by atoms with E-state index in [1.165, 1.54) is 0 Å². The summed E-state index contributed by atoms with van der Waals surface area (Å²) in [6.07, 6.45) is 3.94. The quantitative estimate of drug-likeness (QED) is 0.248. The third-order valence-electron chi connectivity index (χ3n) is 7.34. The van der Waals surface area contributed by atoms with Crippen LogP contribution in [0.5, 0.6) is 0 Å². The SMILES string of the molecule is Cc1nn(COCC[Si](C)(C)C)c(C)c1-c1ccc(NC(=O)C(OC(=O)NC(C)(C)C)C2CCC(C)CC2)cn1. The Kier molecular flexibility index (Phi) is 10.6. The minimum absolute atomic E-state index is 0.0155. The average molecular weight is 572 g/mol. The van der Waals surface area contributed by atoms with Crippen LogP contribution in [0, 0.1) is 25.7 Å². The molecule has 2 heterocycles. The number of anilines is 1. The van der Waals surface area contributed by atoms with E-state index in [0.717, 1.165) is 61.0 Å². The maximum Gasteiger partial charge on any atom is 0.408 e. The van der Waals surface area contributed by atoms with Crippen molar-refractivity contribution in [3.8, 4) is 11.3 Å². The van der Waals surface area contributed by atoms with Gasteiger partial charge in [0, 0.05) is 37.4 Å². The fourth-order valence-electron chi connectivity index (χ4n) is 4.96. The summed E-state index contributed by atoms with van der Waals surface area (Å²) < 4.78 is 13.5. The molecule has 2 aromatic heterocycles. The van der Waals surface area contributed by atoms with Crippen molar-refractivity contribution >= 4 is 25.8 Å². The molecule has 0 aliphatic heterocycles. The normalized spacial score (nSPS) is 18.7. The Hall–Kier alpha value is -2.72. The molecule has 1 atom stereocenters. The zero-order valence-corrected chi connectivity index (χ0v) is 26.9. The van der Waals surface area contributed by atoms with Gasteiger partial charge in [0.2, 0.25) is 0 Å². The molecule has 9 nitrogen and oxygen atoms in total. The monoisotopic (exact) mass is 571 g/mol. The van der Waals surface area contributed by atoms with Crippen molar-refractivity contribution in [2.75, 3.05) is 11.9 Å². The van der Waals surface area contributed by atoms with E-state index in [2.05, 4.69) is 47.3 Å². The molecule has 0 saturated heterocycles. The van der Waals surface area contributed by atoms with Crippen LogP contribution >= 0.6 is 0 Å². The highest BCUT2D eigenvalue weighted by Crippen LogP contribution is 2.32. The number of nitrogens with one attached hydrogen (secondary N) is 2. The van der Waals surface area contributed by atoms with Gasteiger partial charge in [0.15, 0.2) is 6.10 Å². The zero-order valence-electron chi connectivity index (χ0n) is 25.9. The first-order valence-electron chi connectivity index (χ1n) is 14.5. The molecule has 3 rings (SSSR count). The van der Waals surface area contributed by atoms with Gasteiger partial charge in [-0.1, -0.05) is 39.4 Å². The molecule has 10 heteroatoms. The molecule has 0 bridgehead atoms. The number of amides is 2. The first-order chi connectivity index (χ1) is 18.6. The van der Waals surface area contributed by atoms with Crippen LogP contribution in [0.3, 0.4) is 0 Å². The maximum absolute atomic E-state index is 13.4. The van der Waals surface area contributed by atoms with E-state index in [9.17, 15) is 9.59 Å². The van der Waals surface area contributed by atoms with Crippen LogP contribution in [0.25, 0.3) is 11.3 Å². The van der Waals surface area contributed by atoms with Gasteiger partial charge in [-0.2, -0.15) is 5.10 Å². The van der Waals surface area contributed by atoms with Gasteiger partial charge in [-0.3, -0.25) is 9.78 Å². The van der Waals surface area contributed by atoms with Gasteiger partial charge in [0.25, 0.3) is 5.91 Å². The number of carbonyl (C=O) groups excluding carboxylic acids is 2. The van der Waals surface area contributed by atoms with Gasteiger partial charge < -0.3 is 20.1 Å². The van der Waals surface area contributed by atoms with Gasteiger partial charge in [0.05, 0.1) is 23.3 Å². The second-order valence-corrected chi connectivity index (χ2v) is 19.2. The lowest BCUT2D eigenvalue weighted by Crippen LogP contribution is -2.46. The predicted molar refractivity (Wildman–Crippen MR) is 162 cm³/mol. The van der Waals surface area contributed by atoms with E-state index in [1.54, 1.807) is 6.20 Å². The predicted octanol–water partition coefficient (Wildman–Crippen LogP) is 6.53. The molecule has 0 radical (unpaired) electrons. The van der Waals surface area contributed by atoms with Crippen molar-refractivity contribution in [2.45, 2.75) is 111 Å². The topological polar surface area (TPSA) is 107 Å². The van der Waals surface area contributed by atoms with Gasteiger partial charge in [-0.15, -0.1) is 0 Å². The van der Waals surface area contributed by atoms with Crippen molar-refractivity contribution < 1.29 is 19.1 Å². The fourth-order valence-corrected chi connectivity index (χ4v) is 5.71. The molecule has 40 heavy (non-hydrogen) atoms. The number of aryl methyl sites for hydroxylation is 1. The number of aromatic nitrogens is 3. The van der Waals surface area contributed by atoms with Crippen molar-refractivity contribution in [1.82, 2.24) is 20.1 Å². The second-order valence-electron chi connectivity index (χ2n) is 13.5. The summed E-state index contributed by atoms with van der Waals surface area (Å²) in [5, 5.41) is 10.4. The molecule has 1 aliphatic rings. The van der Waals surface area contributed by atoms with E-state index < -0.39 is 25.8 Å². The Morgan fingerprint density at radius 3 is 2.38 bits per heavy atom. The molecule has 222 valence electrons. The maximum atomic E-state index is 13.4. The van der Waals surface area contributed by atoms with E-state index >= 15 is 0 Å². The number of pyridine rings is 1. The summed E-state index contributed by atoms with van der Waals surface area (Å²) in [5.74, 6) is 0.278. The van der Waals surface area contributed by atoms with Crippen molar-refractivity contribution in [3.63, 3.8) is 0 Å². The molecule has 1 aliphatic carbocycles. The van der Waals surface area contributed by atoms with Crippen LogP contribution < -0.4 is 10.6 Å². The van der Waals surface area contributed by atoms with E-state index in [4.69, 9.17) is 9.47 Å². The van der Waals surface area contributed by atoms with Crippen LogP contribution in [-0.2, 0) is 21.0 Å². The number of ether oxygens (including phenoxy) is 2. The van der Waals surface area contributed by atoms with E-state index in [0.29, 0.717) is 18.3 Å². The first-order valence-corrected chi connectivity index (χ1v) is 18.2. The van der Waals surface area contributed by atoms with Crippen LogP contribution in [0.2, 0.25) is 25.7 Å². The highest BCUT2D eigenvalue weighted by molar-refractivity contribution is 6.76. The number of nitrogens with zero attached hydrogens (tertiary/aromatic N) is 3. The molecule has 2 N–H and O–H groups in total. The third-order valence-corrected chi connectivity index (χ3v) is 9.04. The lowest BCUT2D eigenvalue weighted by atomic mass is 9.80. The number of alkyl carbamates (subject to hydrolysis) is 1. The van der Waals surface area contributed by atoms with Crippen LogP contribution in [0.1, 0.15) is 64.8 Å². The summed E-state index contributed by atoms with van der Waals surface area (Å²) in [6.45, 7) is 20.0.